The van der Waals surface area contributed by atoms with E-state index in [9.17, 15) is 4.79 Å². The molecule has 0 fully saturated rings. The number of hydrogen-bond donors (Lipinski definition) is 0. The minimum absolute atomic E-state index is 0.125. The van der Waals surface area contributed by atoms with Crippen molar-refractivity contribution < 1.29 is 4.79 Å². The summed E-state index contributed by atoms with van der Waals surface area (Å²) in [6.45, 7) is 8.28. The summed E-state index contributed by atoms with van der Waals surface area (Å²) in [6, 6.07) is 13.4. The van der Waals surface area contributed by atoms with Gasteiger partial charge >= 0.3 is 0 Å². The quantitative estimate of drug-likeness (QED) is 0.599. The summed E-state index contributed by atoms with van der Waals surface area (Å²) in [5.41, 5.74) is 6.01. The maximum absolute atomic E-state index is 12.1. The minimum atomic E-state index is 0.125. The molecule has 1 nitrogen and oxygen atoms in total. The number of carbonyl (C=O) groups is 1. The van der Waals surface area contributed by atoms with Gasteiger partial charge in [-0.1, -0.05) is 54.5 Å². The van der Waals surface area contributed by atoms with Crippen LogP contribution in [0.1, 0.15) is 39.9 Å². The average Bonchev–Trinajstić information content (AvgIpc) is 2.48. The monoisotopic (exact) mass is 274 g/mol. The van der Waals surface area contributed by atoms with Gasteiger partial charge in [0.1, 0.15) is 7.85 Å². The maximum atomic E-state index is 12.1. The van der Waals surface area contributed by atoms with Crippen molar-refractivity contribution in [3.8, 4) is 0 Å². The second-order valence-corrected chi connectivity index (χ2v) is 5.45. The third-order valence-electron chi connectivity index (χ3n) is 3.80. The van der Waals surface area contributed by atoms with Crippen LogP contribution in [0, 0.1) is 13.8 Å². The zero-order valence-electron chi connectivity index (χ0n) is 12.6. The Morgan fingerprint density at radius 2 is 1.57 bits per heavy atom. The van der Waals surface area contributed by atoms with Gasteiger partial charge in [-0.05, 0) is 42.5 Å². The molecule has 0 unspecified atom stereocenters. The lowest BCUT2D eigenvalue weighted by molar-refractivity contribution is 0.0984. The van der Waals surface area contributed by atoms with Gasteiger partial charge in [-0.3, -0.25) is 4.79 Å². The van der Waals surface area contributed by atoms with Crippen LogP contribution in [0.4, 0.5) is 0 Å². The number of rotatable bonds is 5. The third-order valence-corrected chi connectivity index (χ3v) is 3.80. The van der Waals surface area contributed by atoms with Crippen LogP contribution < -0.4 is 5.46 Å². The van der Waals surface area contributed by atoms with E-state index in [2.05, 4.69) is 38.6 Å². The molecule has 2 aromatic carbocycles. The van der Waals surface area contributed by atoms with Gasteiger partial charge in [0.15, 0.2) is 5.78 Å². The van der Waals surface area contributed by atoms with Crippen molar-refractivity contribution in [2.75, 3.05) is 0 Å². The molecule has 0 spiro atoms. The third kappa shape index (κ3) is 3.94. The molecule has 21 heavy (non-hydrogen) atoms. The summed E-state index contributed by atoms with van der Waals surface area (Å²) in [7, 11) is 5.63. The van der Waals surface area contributed by atoms with Crippen molar-refractivity contribution in [1.29, 1.82) is 0 Å². The van der Waals surface area contributed by atoms with Crippen LogP contribution in [0.3, 0.4) is 0 Å². The van der Waals surface area contributed by atoms with Crippen LogP contribution in [0.5, 0.6) is 0 Å². The van der Waals surface area contributed by atoms with E-state index in [1.807, 2.05) is 0 Å². The average molecular weight is 274 g/mol. The molecule has 0 aromatic heterocycles. The van der Waals surface area contributed by atoms with Gasteiger partial charge in [-0.15, -0.1) is 0 Å². The van der Waals surface area contributed by atoms with Gasteiger partial charge < -0.3 is 0 Å². The van der Waals surface area contributed by atoms with Crippen LogP contribution in [-0.2, 0) is 0 Å². The van der Waals surface area contributed by atoms with E-state index in [0.29, 0.717) is 23.9 Å². The number of ketones is 1. The van der Waals surface area contributed by atoms with Crippen LogP contribution in [0.2, 0.25) is 0 Å². The fourth-order valence-corrected chi connectivity index (χ4v) is 2.18. The Bertz CT molecular complexity index is 668. The van der Waals surface area contributed by atoms with Crippen LogP contribution in [0.25, 0.3) is 5.57 Å². The first-order valence-corrected chi connectivity index (χ1v) is 7.11. The highest BCUT2D eigenvalue weighted by Crippen LogP contribution is 2.21. The zero-order valence-corrected chi connectivity index (χ0v) is 12.6. The molecule has 0 bridgehead atoms. The molecule has 0 heterocycles. The second kappa shape index (κ2) is 6.58. The van der Waals surface area contributed by atoms with Crippen LogP contribution >= 0.6 is 0 Å². The summed E-state index contributed by atoms with van der Waals surface area (Å²) >= 11 is 0. The van der Waals surface area contributed by atoms with E-state index in [1.54, 1.807) is 24.3 Å². The smallest absolute Gasteiger partial charge is 0.163 e. The Labute approximate surface area is 128 Å². The first-order valence-electron chi connectivity index (χ1n) is 7.11. The first-order chi connectivity index (χ1) is 9.97. The second-order valence-electron chi connectivity index (χ2n) is 5.45. The van der Waals surface area contributed by atoms with Crippen molar-refractivity contribution in [2.24, 2.45) is 0 Å². The predicted molar refractivity (Wildman–Crippen MR) is 90.3 cm³/mol. The number of hydrogen-bond acceptors (Lipinski definition) is 1. The number of carbonyl (C=O) groups excluding carboxylic acids is 1. The Hall–Kier alpha value is -2.09. The summed E-state index contributed by atoms with van der Waals surface area (Å²) < 4.78 is 0. The van der Waals surface area contributed by atoms with Gasteiger partial charge in [-0.25, -0.2) is 0 Å². The Morgan fingerprint density at radius 1 is 0.952 bits per heavy atom. The van der Waals surface area contributed by atoms with Crippen molar-refractivity contribution in [3.63, 3.8) is 0 Å². The Kier molecular flexibility index (Phi) is 4.79. The van der Waals surface area contributed by atoms with Crippen molar-refractivity contribution in [3.05, 3.63) is 71.3 Å². The van der Waals surface area contributed by atoms with Gasteiger partial charge in [0.2, 0.25) is 0 Å². The lowest BCUT2D eigenvalue weighted by Crippen LogP contribution is -2.05. The van der Waals surface area contributed by atoms with Crippen molar-refractivity contribution >= 4 is 24.7 Å². The molecule has 0 aliphatic rings. The highest BCUT2D eigenvalue weighted by Gasteiger charge is 2.08. The molecule has 0 aliphatic heterocycles. The molecule has 2 radical (unpaired) electrons. The fourth-order valence-electron chi connectivity index (χ4n) is 2.18. The predicted octanol–water partition coefficient (Wildman–Crippen LogP) is 3.77. The van der Waals surface area contributed by atoms with E-state index in [-0.39, 0.29) is 5.78 Å². The molecule has 0 aliphatic carbocycles. The highest BCUT2D eigenvalue weighted by atomic mass is 16.1. The summed E-state index contributed by atoms with van der Waals surface area (Å²) in [6.07, 6.45) is 1.14. The van der Waals surface area contributed by atoms with E-state index >= 15 is 0 Å². The lowest BCUT2D eigenvalue weighted by atomic mass is 9.93. The Balaban J connectivity index is 1.98. The van der Waals surface area contributed by atoms with Crippen molar-refractivity contribution in [1.82, 2.24) is 0 Å². The van der Waals surface area contributed by atoms with E-state index in [4.69, 9.17) is 7.85 Å². The maximum Gasteiger partial charge on any atom is 0.163 e. The minimum Gasteiger partial charge on any atom is -0.294 e. The molecule has 0 amide bonds. The number of benzene rings is 2. The van der Waals surface area contributed by atoms with Gasteiger partial charge in [-0.2, -0.15) is 0 Å². The number of aryl methyl sites for hydroxylation is 2. The summed E-state index contributed by atoms with van der Waals surface area (Å²) in [5, 5.41) is 0. The van der Waals surface area contributed by atoms with Gasteiger partial charge in [0, 0.05) is 12.0 Å². The molecule has 0 N–H and O–H groups in total. The Morgan fingerprint density at radius 3 is 2.19 bits per heavy atom. The number of allylic oxidation sites excluding steroid dienone is 1. The van der Waals surface area contributed by atoms with Crippen LogP contribution in [0.15, 0.2) is 49.0 Å². The molecular weight excluding hydrogens is 255 g/mol. The molecule has 2 aromatic rings. The molecule has 2 heteroatoms. The van der Waals surface area contributed by atoms with E-state index < -0.39 is 0 Å². The largest absolute Gasteiger partial charge is 0.294 e. The SMILES string of the molecule is [B]c1ccc(C(=O)CCC(=C)c2ccc(C)c(C)c2)cc1. The molecule has 104 valence electrons. The molecular formula is C19H19BO. The normalized spacial score (nSPS) is 10.4. The van der Waals surface area contributed by atoms with Crippen molar-refractivity contribution in [2.45, 2.75) is 26.7 Å². The summed E-state index contributed by atoms with van der Waals surface area (Å²) in [4.78, 5) is 12.1. The van der Waals surface area contributed by atoms with Gasteiger partial charge in [0.05, 0.1) is 0 Å². The highest BCUT2D eigenvalue weighted by molar-refractivity contribution is 6.32. The molecule has 2 rings (SSSR count). The molecule has 0 saturated carbocycles. The first kappa shape index (κ1) is 15.3. The van der Waals surface area contributed by atoms with E-state index in [1.165, 1.54) is 11.1 Å². The van der Waals surface area contributed by atoms with E-state index in [0.717, 1.165) is 11.1 Å². The standard InChI is InChI=1S/C19H19BO/c1-13-4-6-17(12-15(13)3)14(2)5-11-19(21)16-7-9-18(20)10-8-16/h4,6-10,12H,2,5,11H2,1,3H3. The van der Waals surface area contributed by atoms with Gasteiger partial charge in [0.25, 0.3) is 0 Å². The summed E-state index contributed by atoms with van der Waals surface area (Å²) in [5.74, 6) is 0.125. The number of Topliss-reactive ketones (excluding diaryl/α,β-unsaturated/α-hetero) is 1. The lowest BCUT2D eigenvalue weighted by Gasteiger charge is -2.08. The topological polar surface area (TPSA) is 17.1 Å². The fraction of sp³-hybridized carbons (Fsp3) is 0.211. The molecule has 0 atom stereocenters. The zero-order chi connectivity index (χ0) is 15.4. The van der Waals surface area contributed by atoms with Crippen LogP contribution in [-0.4, -0.2) is 13.6 Å². The molecule has 0 saturated heterocycles.